The van der Waals surface area contributed by atoms with Gasteiger partial charge < -0.3 is 10.7 Å². The first-order chi connectivity index (χ1) is 9.93. The molecule has 7 nitrogen and oxygen atoms in total. The highest BCUT2D eigenvalue weighted by atomic mass is 35.5. The minimum absolute atomic E-state index is 0.131. The van der Waals surface area contributed by atoms with Gasteiger partial charge in [-0.3, -0.25) is 9.48 Å². The second kappa shape index (κ2) is 6.11. The summed E-state index contributed by atoms with van der Waals surface area (Å²) in [6, 6.07) is 3.16. The van der Waals surface area contributed by atoms with Crippen LogP contribution in [0.15, 0.2) is 12.1 Å². The number of aryl methyl sites for hydroxylation is 2. The number of pyridine rings is 1. The topological polar surface area (TPSA) is 97.9 Å². The number of nitrogens with two attached hydrogens (primary N) is 1. The molecule has 0 aromatic carbocycles. The van der Waals surface area contributed by atoms with E-state index in [0.717, 1.165) is 17.0 Å². The lowest BCUT2D eigenvalue weighted by molar-refractivity contribution is 0.0946. The molecule has 8 heteroatoms. The van der Waals surface area contributed by atoms with Crippen LogP contribution in [0, 0.1) is 13.8 Å². The molecule has 0 aliphatic carbocycles. The molecule has 2 aromatic heterocycles. The van der Waals surface area contributed by atoms with Crippen LogP contribution in [0.4, 0.5) is 5.82 Å². The van der Waals surface area contributed by atoms with Crippen molar-refractivity contribution in [1.29, 1.82) is 0 Å². The van der Waals surface area contributed by atoms with Crippen LogP contribution in [-0.2, 0) is 13.6 Å². The van der Waals surface area contributed by atoms with Gasteiger partial charge in [0.15, 0.2) is 0 Å². The molecule has 21 heavy (non-hydrogen) atoms. The summed E-state index contributed by atoms with van der Waals surface area (Å²) >= 11 is 5.99. The number of nitrogens with one attached hydrogen (secondary N) is 2. The normalized spacial score (nSPS) is 10.5. The largest absolute Gasteiger partial charge is 0.346 e. The standard InChI is InChI=1S/C13H17ClN6O/c1-7-9(8(2)20(3)19-7)6-16-13(21)12-10(14)4-5-11(17-12)18-15/h4-5H,6,15H2,1-3H3,(H,16,21)(H,17,18). The number of nitrogen functional groups attached to an aromatic ring is 1. The molecule has 0 spiro atoms. The van der Waals surface area contributed by atoms with Crippen molar-refractivity contribution in [3.63, 3.8) is 0 Å². The average molecular weight is 309 g/mol. The van der Waals surface area contributed by atoms with Crippen LogP contribution in [-0.4, -0.2) is 20.7 Å². The molecule has 2 aromatic rings. The number of carbonyl (C=O) groups is 1. The van der Waals surface area contributed by atoms with Crippen molar-refractivity contribution in [2.45, 2.75) is 20.4 Å². The molecule has 112 valence electrons. The van der Waals surface area contributed by atoms with E-state index in [9.17, 15) is 4.79 Å². The lowest BCUT2D eigenvalue weighted by Gasteiger charge is -2.08. The van der Waals surface area contributed by atoms with Gasteiger partial charge in [-0.05, 0) is 26.0 Å². The monoisotopic (exact) mass is 308 g/mol. The van der Waals surface area contributed by atoms with Crippen LogP contribution < -0.4 is 16.6 Å². The van der Waals surface area contributed by atoms with E-state index in [-0.39, 0.29) is 16.6 Å². The molecular formula is C13H17ClN6O. The predicted octanol–water partition coefficient (Wildman–Crippen LogP) is 1.30. The third-order valence-electron chi connectivity index (χ3n) is 3.29. The molecule has 1 amide bonds. The quantitative estimate of drug-likeness (QED) is 0.584. The molecule has 2 heterocycles. The molecule has 0 atom stereocenters. The summed E-state index contributed by atoms with van der Waals surface area (Å²) in [5.41, 5.74) is 5.38. The fourth-order valence-electron chi connectivity index (χ4n) is 2.01. The number of halogens is 1. The zero-order chi connectivity index (χ0) is 15.6. The summed E-state index contributed by atoms with van der Waals surface area (Å²) in [6.07, 6.45) is 0. The fraction of sp³-hybridized carbons (Fsp3) is 0.308. The van der Waals surface area contributed by atoms with Crippen LogP contribution in [0.5, 0.6) is 0 Å². The second-order valence-electron chi connectivity index (χ2n) is 4.63. The highest BCUT2D eigenvalue weighted by molar-refractivity contribution is 6.33. The lowest BCUT2D eigenvalue weighted by atomic mass is 10.2. The van der Waals surface area contributed by atoms with E-state index in [1.807, 2.05) is 20.9 Å². The van der Waals surface area contributed by atoms with E-state index < -0.39 is 0 Å². The summed E-state index contributed by atoms with van der Waals surface area (Å²) < 4.78 is 1.78. The van der Waals surface area contributed by atoms with Gasteiger partial charge in [0, 0.05) is 24.8 Å². The van der Waals surface area contributed by atoms with Crippen molar-refractivity contribution in [1.82, 2.24) is 20.1 Å². The van der Waals surface area contributed by atoms with E-state index >= 15 is 0 Å². The molecule has 0 aliphatic heterocycles. The molecule has 0 saturated heterocycles. The first-order valence-electron chi connectivity index (χ1n) is 6.34. The van der Waals surface area contributed by atoms with Gasteiger partial charge in [-0.2, -0.15) is 5.10 Å². The maximum atomic E-state index is 12.2. The van der Waals surface area contributed by atoms with Crippen molar-refractivity contribution in [2.24, 2.45) is 12.9 Å². The van der Waals surface area contributed by atoms with Crippen LogP contribution in [0.1, 0.15) is 27.4 Å². The third kappa shape index (κ3) is 3.14. The summed E-state index contributed by atoms with van der Waals surface area (Å²) in [5.74, 6) is 5.29. The summed E-state index contributed by atoms with van der Waals surface area (Å²) in [4.78, 5) is 16.2. The fourth-order valence-corrected chi connectivity index (χ4v) is 2.20. The van der Waals surface area contributed by atoms with Gasteiger partial charge in [0.1, 0.15) is 11.5 Å². The van der Waals surface area contributed by atoms with Gasteiger partial charge in [0.25, 0.3) is 5.91 Å². The second-order valence-corrected chi connectivity index (χ2v) is 5.03. The van der Waals surface area contributed by atoms with Crippen molar-refractivity contribution >= 4 is 23.3 Å². The molecule has 0 bridgehead atoms. The number of carbonyl (C=O) groups excluding carboxylic acids is 1. The average Bonchev–Trinajstić information content (AvgIpc) is 2.70. The molecule has 2 rings (SSSR count). The van der Waals surface area contributed by atoms with E-state index in [1.54, 1.807) is 16.8 Å². The molecule has 0 fully saturated rings. The zero-order valence-corrected chi connectivity index (χ0v) is 12.8. The maximum absolute atomic E-state index is 12.2. The number of aromatic nitrogens is 3. The first-order valence-corrected chi connectivity index (χ1v) is 6.72. The Morgan fingerprint density at radius 3 is 2.71 bits per heavy atom. The Balaban J connectivity index is 2.15. The highest BCUT2D eigenvalue weighted by Crippen LogP contribution is 2.17. The zero-order valence-electron chi connectivity index (χ0n) is 12.1. The molecule has 4 N–H and O–H groups in total. The van der Waals surface area contributed by atoms with Gasteiger partial charge in [-0.1, -0.05) is 11.6 Å². The Morgan fingerprint density at radius 1 is 1.43 bits per heavy atom. The Labute approximate surface area is 127 Å². The highest BCUT2D eigenvalue weighted by Gasteiger charge is 2.15. The molecule has 0 aliphatic rings. The van der Waals surface area contributed by atoms with E-state index in [0.29, 0.717) is 12.4 Å². The lowest BCUT2D eigenvalue weighted by Crippen LogP contribution is -2.25. The van der Waals surface area contributed by atoms with Gasteiger partial charge >= 0.3 is 0 Å². The van der Waals surface area contributed by atoms with E-state index in [2.05, 4.69) is 20.8 Å². The van der Waals surface area contributed by atoms with Crippen molar-refractivity contribution < 1.29 is 4.79 Å². The molecule has 0 saturated carbocycles. The smallest absolute Gasteiger partial charge is 0.271 e. The minimum atomic E-state index is -0.361. The van der Waals surface area contributed by atoms with Crippen molar-refractivity contribution in [3.8, 4) is 0 Å². The van der Waals surface area contributed by atoms with E-state index in [1.165, 1.54) is 0 Å². The van der Waals surface area contributed by atoms with Crippen LogP contribution in [0.2, 0.25) is 5.02 Å². The number of hydrogen-bond acceptors (Lipinski definition) is 5. The Morgan fingerprint density at radius 2 is 2.14 bits per heavy atom. The predicted molar refractivity (Wildman–Crippen MR) is 80.9 cm³/mol. The molecule has 0 unspecified atom stereocenters. The molecule has 0 radical (unpaired) electrons. The Hall–Kier alpha value is -2.12. The number of hydrazine groups is 1. The van der Waals surface area contributed by atoms with Crippen LogP contribution >= 0.6 is 11.6 Å². The summed E-state index contributed by atoms with van der Waals surface area (Å²) in [7, 11) is 1.86. The number of nitrogens with zero attached hydrogens (tertiary/aromatic N) is 3. The summed E-state index contributed by atoms with van der Waals surface area (Å²) in [5, 5.41) is 7.37. The number of amides is 1. The SMILES string of the molecule is Cc1nn(C)c(C)c1CNC(=O)c1nc(NN)ccc1Cl. The van der Waals surface area contributed by atoms with Gasteiger partial charge in [0.2, 0.25) is 0 Å². The Bertz CT molecular complexity index is 682. The van der Waals surface area contributed by atoms with Crippen molar-refractivity contribution in [3.05, 3.63) is 39.8 Å². The summed E-state index contributed by atoms with van der Waals surface area (Å²) in [6.45, 7) is 4.22. The van der Waals surface area contributed by atoms with Crippen LogP contribution in [0.3, 0.4) is 0 Å². The maximum Gasteiger partial charge on any atom is 0.271 e. The van der Waals surface area contributed by atoms with Crippen LogP contribution in [0.25, 0.3) is 0 Å². The van der Waals surface area contributed by atoms with Gasteiger partial charge in [-0.25, -0.2) is 10.8 Å². The van der Waals surface area contributed by atoms with E-state index in [4.69, 9.17) is 17.4 Å². The number of hydrogen-bond donors (Lipinski definition) is 3. The first kappa shape index (κ1) is 15.3. The third-order valence-corrected chi connectivity index (χ3v) is 3.60. The van der Waals surface area contributed by atoms with Crippen molar-refractivity contribution in [2.75, 3.05) is 5.43 Å². The minimum Gasteiger partial charge on any atom is -0.346 e. The Kier molecular flexibility index (Phi) is 4.44. The van der Waals surface area contributed by atoms with Gasteiger partial charge in [0.05, 0.1) is 10.7 Å². The molecular weight excluding hydrogens is 292 g/mol. The number of anilines is 1. The van der Waals surface area contributed by atoms with Gasteiger partial charge in [-0.15, -0.1) is 0 Å². The number of rotatable bonds is 4.